The molecule has 2 bridgehead atoms. The Balaban J connectivity index is 1.88. The molecular formula is C17H18O2. The second kappa shape index (κ2) is 3.72. The summed E-state index contributed by atoms with van der Waals surface area (Å²) in [7, 11) is 1.66. The standard InChI is InChI=1S/C17H18O2/c1-19-13-4-5-15-14(9-13)16(18)6-7-17(15)10-11-2-3-12(17)8-11/h2-5,9,11-12H,6-8,10H2,1H3. The van der Waals surface area contributed by atoms with Gasteiger partial charge in [-0.2, -0.15) is 0 Å². The summed E-state index contributed by atoms with van der Waals surface area (Å²) < 4.78 is 5.28. The van der Waals surface area contributed by atoms with E-state index in [9.17, 15) is 4.79 Å². The number of allylic oxidation sites excluding steroid dienone is 2. The number of hydrogen-bond donors (Lipinski definition) is 0. The normalized spacial score (nSPS) is 34.9. The molecule has 4 rings (SSSR count). The van der Waals surface area contributed by atoms with Gasteiger partial charge in [-0.05, 0) is 48.8 Å². The van der Waals surface area contributed by atoms with Crippen LogP contribution in [0.15, 0.2) is 30.4 Å². The summed E-state index contributed by atoms with van der Waals surface area (Å²) in [6.07, 6.45) is 8.97. The van der Waals surface area contributed by atoms with Crippen molar-refractivity contribution in [3.63, 3.8) is 0 Å². The van der Waals surface area contributed by atoms with Crippen molar-refractivity contribution in [3.8, 4) is 5.75 Å². The van der Waals surface area contributed by atoms with Crippen LogP contribution in [0.2, 0.25) is 0 Å². The molecule has 98 valence electrons. The van der Waals surface area contributed by atoms with Crippen molar-refractivity contribution >= 4 is 5.78 Å². The number of hydrogen-bond acceptors (Lipinski definition) is 2. The molecule has 0 radical (unpaired) electrons. The molecule has 0 aromatic heterocycles. The SMILES string of the molecule is COc1ccc2c(c1)C(=O)CCC21CC2C=CC1C2. The molecule has 0 amide bonds. The van der Waals surface area contributed by atoms with Crippen molar-refractivity contribution < 1.29 is 9.53 Å². The molecule has 3 aliphatic carbocycles. The van der Waals surface area contributed by atoms with Crippen molar-refractivity contribution in [3.05, 3.63) is 41.5 Å². The van der Waals surface area contributed by atoms with E-state index in [0.29, 0.717) is 12.3 Å². The Morgan fingerprint density at radius 2 is 2.21 bits per heavy atom. The summed E-state index contributed by atoms with van der Waals surface area (Å²) in [5, 5.41) is 0. The van der Waals surface area contributed by atoms with Gasteiger partial charge < -0.3 is 4.74 Å². The van der Waals surface area contributed by atoms with Crippen LogP contribution in [0.25, 0.3) is 0 Å². The van der Waals surface area contributed by atoms with Gasteiger partial charge in [-0.1, -0.05) is 18.2 Å². The Morgan fingerprint density at radius 3 is 2.89 bits per heavy atom. The number of methoxy groups -OCH3 is 1. The third-order valence-corrected chi connectivity index (χ3v) is 5.37. The van der Waals surface area contributed by atoms with Gasteiger partial charge >= 0.3 is 0 Å². The van der Waals surface area contributed by atoms with E-state index in [2.05, 4.69) is 18.2 Å². The maximum Gasteiger partial charge on any atom is 0.163 e. The minimum absolute atomic E-state index is 0.231. The highest BCUT2D eigenvalue weighted by Crippen LogP contribution is 2.58. The van der Waals surface area contributed by atoms with E-state index in [1.165, 1.54) is 18.4 Å². The maximum atomic E-state index is 12.2. The maximum absolute atomic E-state index is 12.2. The average Bonchev–Trinajstić information content (AvgIpc) is 3.04. The summed E-state index contributed by atoms with van der Waals surface area (Å²) in [5.74, 6) is 2.44. The Morgan fingerprint density at radius 1 is 1.32 bits per heavy atom. The smallest absolute Gasteiger partial charge is 0.163 e. The number of rotatable bonds is 1. The first-order valence-corrected chi connectivity index (χ1v) is 7.13. The second-order valence-corrected chi connectivity index (χ2v) is 6.18. The summed E-state index contributed by atoms with van der Waals surface area (Å²) in [4.78, 5) is 12.2. The van der Waals surface area contributed by atoms with Crippen molar-refractivity contribution in [2.45, 2.75) is 31.1 Å². The van der Waals surface area contributed by atoms with Crippen LogP contribution < -0.4 is 4.74 Å². The van der Waals surface area contributed by atoms with Crippen LogP contribution in [0.1, 0.15) is 41.6 Å². The molecule has 1 aromatic carbocycles. The number of carbonyl (C=O) groups excluding carboxylic acids is 1. The monoisotopic (exact) mass is 254 g/mol. The average molecular weight is 254 g/mol. The highest BCUT2D eigenvalue weighted by Gasteiger charge is 2.52. The van der Waals surface area contributed by atoms with Crippen LogP contribution in [-0.2, 0) is 5.41 Å². The van der Waals surface area contributed by atoms with E-state index in [-0.39, 0.29) is 11.2 Å². The van der Waals surface area contributed by atoms with Gasteiger partial charge in [0.15, 0.2) is 5.78 Å². The van der Waals surface area contributed by atoms with E-state index in [0.717, 1.165) is 23.7 Å². The first-order chi connectivity index (χ1) is 9.23. The predicted molar refractivity (Wildman–Crippen MR) is 73.6 cm³/mol. The summed E-state index contributed by atoms with van der Waals surface area (Å²) in [6, 6.07) is 6.09. The van der Waals surface area contributed by atoms with Gasteiger partial charge in [0.25, 0.3) is 0 Å². The summed E-state index contributed by atoms with van der Waals surface area (Å²) >= 11 is 0. The van der Waals surface area contributed by atoms with Crippen LogP contribution in [-0.4, -0.2) is 12.9 Å². The van der Waals surface area contributed by atoms with Gasteiger partial charge in [0.2, 0.25) is 0 Å². The number of fused-ring (bicyclic) bond motifs is 5. The molecule has 19 heavy (non-hydrogen) atoms. The Bertz CT molecular complexity index is 587. The van der Waals surface area contributed by atoms with Gasteiger partial charge in [-0.15, -0.1) is 0 Å². The molecule has 1 saturated carbocycles. The van der Waals surface area contributed by atoms with Crippen LogP contribution >= 0.6 is 0 Å². The molecule has 0 N–H and O–H groups in total. The number of benzene rings is 1. The zero-order chi connectivity index (χ0) is 13.0. The first-order valence-electron chi connectivity index (χ1n) is 7.13. The molecule has 1 spiro atoms. The van der Waals surface area contributed by atoms with E-state index in [1.807, 2.05) is 12.1 Å². The van der Waals surface area contributed by atoms with Gasteiger partial charge in [0.05, 0.1) is 7.11 Å². The quantitative estimate of drug-likeness (QED) is 0.717. The van der Waals surface area contributed by atoms with E-state index < -0.39 is 0 Å². The zero-order valence-corrected chi connectivity index (χ0v) is 11.2. The van der Waals surface area contributed by atoms with Crippen molar-refractivity contribution in [2.24, 2.45) is 11.8 Å². The van der Waals surface area contributed by atoms with Gasteiger partial charge in [0, 0.05) is 17.4 Å². The fourth-order valence-corrected chi connectivity index (χ4v) is 4.47. The number of ether oxygens (including phenoxy) is 1. The van der Waals surface area contributed by atoms with Crippen LogP contribution in [0, 0.1) is 11.8 Å². The summed E-state index contributed by atoms with van der Waals surface area (Å²) in [5.41, 5.74) is 2.42. The van der Waals surface area contributed by atoms with Gasteiger partial charge in [0.1, 0.15) is 5.75 Å². The molecule has 0 saturated heterocycles. The van der Waals surface area contributed by atoms with E-state index in [1.54, 1.807) is 7.11 Å². The minimum Gasteiger partial charge on any atom is -0.497 e. The lowest BCUT2D eigenvalue weighted by molar-refractivity contribution is 0.0943. The molecule has 1 fully saturated rings. The van der Waals surface area contributed by atoms with E-state index >= 15 is 0 Å². The third kappa shape index (κ3) is 1.40. The van der Waals surface area contributed by atoms with Gasteiger partial charge in [-0.3, -0.25) is 4.79 Å². The number of ketones is 1. The Labute approximate surface area is 113 Å². The molecule has 0 aliphatic heterocycles. The fraction of sp³-hybridized carbons (Fsp3) is 0.471. The van der Waals surface area contributed by atoms with Crippen molar-refractivity contribution in [1.82, 2.24) is 0 Å². The molecule has 1 aromatic rings. The second-order valence-electron chi connectivity index (χ2n) is 6.18. The van der Waals surface area contributed by atoms with Crippen molar-refractivity contribution in [2.75, 3.05) is 7.11 Å². The van der Waals surface area contributed by atoms with E-state index in [4.69, 9.17) is 4.74 Å². The molecule has 3 atom stereocenters. The molecule has 2 heteroatoms. The lowest BCUT2D eigenvalue weighted by atomic mass is 9.63. The molecule has 3 aliphatic rings. The lowest BCUT2D eigenvalue weighted by Crippen LogP contribution is -2.36. The number of Topliss-reactive ketones (excluding diaryl/α,β-unsaturated/α-hetero) is 1. The topological polar surface area (TPSA) is 26.3 Å². The van der Waals surface area contributed by atoms with Gasteiger partial charge in [-0.25, -0.2) is 0 Å². The van der Waals surface area contributed by atoms with Crippen molar-refractivity contribution in [1.29, 1.82) is 0 Å². The van der Waals surface area contributed by atoms with Crippen LogP contribution in [0.5, 0.6) is 5.75 Å². The lowest BCUT2D eigenvalue weighted by Gasteiger charge is -2.40. The van der Waals surface area contributed by atoms with Crippen LogP contribution in [0.4, 0.5) is 0 Å². The number of carbonyl (C=O) groups is 1. The molecule has 0 heterocycles. The third-order valence-electron chi connectivity index (χ3n) is 5.37. The zero-order valence-electron chi connectivity index (χ0n) is 11.2. The highest BCUT2D eigenvalue weighted by atomic mass is 16.5. The Hall–Kier alpha value is -1.57. The molecule has 2 nitrogen and oxygen atoms in total. The first kappa shape index (κ1) is 11.3. The fourth-order valence-electron chi connectivity index (χ4n) is 4.47. The highest BCUT2D eigenvalue weighted by molar-refractivity contribution is 5.99. The van der Waals surface area contributed by atoms with Crippen LogP contribution in [0.3, 0.4) is 0 Å². The minimum atomic E-state index is 0.231. The Kier molecular flexibility index (Phi) is 2.21. The predicted octanol–water partition coefficient (Wildman–Crippen LogP) is 3.51. The largest absolute Gasteiger partial charge is 0.497 e. The summed E-state index contributed by atoms with van der Waals surface area (Å²) in [6.45, 7) is 0. The molecular weight excluding hydrogens is 236 g/mol. The molecule has 3 unspecified atom stereocenters.